The molecule has 0 fully saturated rings. The van der Waals surface area contributed by atoms with Crippen molar-refractivity contribution in [3.63, 3.8) is 0 Å². The fraction of sp³-hybridized carbons (Fsp3) is 1.00. The molecule has 0 aromatic carbocycles. The quantitative estimate of drug-likeness (QED) is 0.489. The van der Waals surface area contributed by atoms with Gasteiger partial charge in [-0.05, 0) is 18.3 Å². The Hall–Kier alpha value is 0.400. The van der Waals surface area contributed by atoms with Crippen LogP contribution in [-0.2, 0) is 9.47 Å². The molecule has 0 spiro atoms. The van der Waals surface area contributed by atoms with E-state index in [0.29, 0.717) is 11.8 Å². The maximum absolute atomic E-state index is 5.54. The third-order valence-corrected chi connectivity index (χ3v) is 2.94. The summed E-state index contributed by atoms with van der Waals surface area (Å²) in [5.74, 6) is 1.31. The van der Waals surface area contributed by atoms with Crippen LogP contribution in [0.25, 0.3) is 0 Å². The van der Waals surface area contributed by atoms with Crippen LogP contribution in [0.3, 0.4) is 0 Å². The highest BCUT2D eigenvalue weighted by molar-refractivity contribution is 9.09. The predicted octanol–water partition coefficient (Wildman–Crippen LogP) is 2.71. The van der Waals surface area contributed by atoms with Crippen molar-refractivity contribution < 1.29 is 9.47 Å². The summed E-state index contributed by atoms with van der Waals surface area (Å²) in [4.78, 5) is 0. The smallest absolute Gasteiger partial charge is 0.0504 e. The number of rotatable bonds is 8. The zero-order valence-corrected chi connectivity index (χ0v) is 10.5. The van der Waals surface area contributed by atoms with Crippen LogP contribution in [0.5, 0.6) is 0 Å². The van der Waals surface area contributed by atoms with Gasteiger partial charge in [0, 0.05) is 25.7 Å². The second kappa shape index (κ2) is 8.97. The summed E-state index contributed by atoms with van der Waals surface area (Å²) >= 11 is 3.49. The van der Waals surface area contributed by atoms with Crippen molar-refractivity contribution in [3.05, 3.63) is 0 Å². The molecule has 0 saturated heterocycles. The topological polar surface area (TPSA) is 18.5 Å². The number of methoxy groups -OCH3 is 1. The summed E-state index contributed by atoms with van der Waals surface area (Å²) < 4.78 is 10.5. The van der Waals surface area contributed by atoms with Crippen LogP contribution < -0.4 is 0 Å². The lowest BCUT2D eigenvalue weighted by Crippen LogP contribution is -2.18. The first-order valence-electron chi connectivity index (χ1n) is 4.85. The summed E-state index contributed by atoms with van der Waals surface area (Å²) in [7, 11) is 1.72. The van der Waals surface area contributed by atoms with Gasteiger partial charge in [-0.1, -0.05) is 29.8 Å². The number of alkyl halides is 1. The molecule has 0 amide bonds. The molecule has 0 aromatic rings. The lowest BCUT2D eigenvalue weighted by molar-refractivity contribution is 0.0732. The van der Waals surface area contributed by atoms with E-state index in [1.807, 2.05) is 0 Å². The van der Waals surface area contributed by atoms with E-state index in [-0.39, 0.29) is 0 Å². The molecule has 0 aromatic heterocycles. The first-order chi connectivity index (χ1) is 6.22. The normalized spacial score (nSPS) is 13.6. The monoisotopic (exact) mass is 252 g/mol. The van der Waals surface area contributed by atoms with E-state index in [0.717, 1.165) is 31.6 Å². The van der Waals surface area contributed by atoms with Gasteiger partial charge in [-0.25, -0.2) is 0 Å². The van der Waals surface area contributed by atoms with Gasteiger partial charge in [-0.3, -0.25) is 0 Å². The molecule has 3 heteroatoms. The molecule has 0 aliphatic heterocycles. The van der Waals surface area contributed by atoms with Crippen molar-refractivity contribution in [1.82, 2.24) is 0 Å². The van der Waals surface area contributed by atoms with Crippen LogP contribution in [0.2, 0.25) is 0 Å². The van der Waals surface area contributed by atoms with E-state index in [4.69, 9.17) is 9.47 Å². The van der Waals surface area contributed by atoms with Crippen molar-refractivity contribution in [2.75, 3.05) is 32.3 Å². The number of ether oxygens (including phenoxy) is 2. The molecule has 2 nitrogen and oxygen atoms in total. The number of halogens is 1. The van der Waals surface area contributed by atoms with Crippen LogP contribution in [0.15, 0.2) is 0 Å². The zero-order valence-electron chi connectivity index (χ0n) is 8.88. The van der Waals surface area contributed by atoms with Gasteiger partial charge in [0.2, 0.25) is 0 Å². The molecule has 0 saturated carbocycles. The molecule has 1 unspecified atom stereocenters. The highest BCUT2D eigenvalue weighted by Gasteiger charge is 2.11. The first kappa shape index (κ1) is 13.4. The Morgan fingerprint density at radius 3 is 2.38 bits per heavy atom. The van der Waals surface area contributed by atoms with Gasteiger partial charge in [-0.15, -0.1) is 0 Å². The minimum Gasteiger partial charge on any atom is -0.385 e. The van der Waals surface area contributed by atoms with Gasteiger partial charge in [0.1, 0.15) is 0 Å². The summed E-state index contributed by atoms with van der Waals surface area (Å²) in [6, 6.07) is 0. The third kappa shape index (κ3) is 7.47. The van der Waals surface area contributed by atoms with Crippen molar-refractivity contribution in [1.29, 1.82) is 0 Å². The molecular formula is C10H21BrO2. The molecule has 0 heterocycles. The first-order valence-corrected chi connectivity index (χ1v) is 5.97. The average molecular weight is 253 g/mol. The minimum atomic E-state index is 0.627. The van der Waals surface area contributed by atoms with Gasteiger partial charge in [0.25, 0.3) is 0 Å². The molecule has 80 valence electrons. The van der Waals surface area contributed by atoms with Crippen molar-refractivity contribution in [3.8, 4) is 0 Å². The van der Waals surface area contributed by atoms with Gasteiger partial charge >= 0.3 is 0 Å². The molecule has 0 aliphatic carbocycles. The van der Waals surface area contributed by atoms with Gasteiger partial charge in [0.05, 0.1) is 6.61 Å². The Morgan fingerprint density at radius 1 is 1.23 bits per heavy atom. The predicted molar refractivity (Wildman–Crippen MR) is 59.4 cm³/mol. The van der Waals surface area contributed by atoms with Crippen LogP contribution in [0.1, 0.15) is 20.3 Å². The fourth-order valence-corrected chi connectivity index (χ4v) is 1.89. The van der Waals surface area contributed by atoms with Gasteiger partial charge in [0.15, 0.2) is 0 Å². The highest BCUT2D eigenvalue weighted by atomic mass is 79.9. The zero-order chi connectivity index (χ0) is 10.1. The Morgan fingerprint density at radius 2 is 1.92 bits per heavy atom. The molecule has 13 heavy (non-hydrogen) atoms. The molecular weight excluding hydrogens is 232 g/mol. The third-order valence-electron chi connectivity index (χ3n) is 2.11. The highest BCUT2D eigenvalue weighted by Crippen LogP contribution is 2.13. The summed E-state index contributed by atoms with van der Waals surface area (Å²) in [6.07, 6.45) is 0.990. The van der Waals surface area contributed by atoms with Crippen molar-refractivity contribution >= 4 is 15.9 Å². The average Bonchev–Trinajstić information content (AvgIpc) is 2.10. The van der Waals surface area contributed by atoms with Crippen LogP contribution in [0, 0.1) is 11.8 Å². The van der Waals surface area contributed by atoms with E-state index in [2.05, 4.69) is 29.8 Å². The van der Waals surface area contributed by atoms with E-state index >= 15 is 0 Å². The Labute approximate surface area is 90.1 Å². The molecule has 0 radical (unpaired) electrons. The summed E-state index contributed by atoms with van der Waals surface area (Å²) in [5.41, 5.74) is 0. The van der Waals surface area contributed by atoms with E-state index in [1.165, 1.54) is 0 Å². The molecule has 0 N–H and O–H groups in total. The van der Waals surface area contributed by atoms with Gasteiger partial charge < -0.3 is 9.47 Å². The van der Waals surface area contributed by atoms with E-state index in [1.54, 1.807) is 7.11 Å². The Bertz CT molecular complexity index is 107. The standard InChI is InChI=1S/C10H21BrO2/c1-9(2)10(7-11)8-13-6-4-5-12-3/h9-10H,4-8H2,1-3H3. The van der Waals surface area contributed by atoms with E-state index < -0.39 is 0 Å². The second-order valence-electron chi connectivity index (χ2n) is 3.58. The number of hydrogen-bond donors (Lipinski definition) is 0. The molecule has 0 bridgehead atoms. The maximum atomic E-state index is 5.54. The SMILES string of the molecule is COCCCOCC(CBr)C(C)C. The molecule has 0 aliphatic rings. The van der Waals surface area contributed by atoms with E-state index in [9.17, 15) is 0 Å². The largest absolute Gasteiger partial charge is 0.385 e. The van der Waals surface area contributed by atoms with Crippen molar-refractivity contribution in [2.24, 2.45) is 11.8 Å². The maximum Gasteiger partial charge on any atom is 0.0504 e. The summed E-state index contributed by atoms with van der Waals surface area (Å²) in [6.45, 7) is 6.91. The Kier molecular flexibility index (Phi) is 9.25. The lowest BCUT2D eigenvalue weighted by Gasteiger charge is -2.17. The second-order valence-corrected chi connectivity index (χ2v) is 4.23. The summed E-state index contributed by atoms with van der Waals surface area (Å²) in [5, 5.41) is 1.02. The molecule has 0 rings (SSSR count). The fourth-order valence-electron chi connectivity index (χ4n) is 0.955. The van der Waals surface area contributed by atoms with Crippen LogP contribution in [-0.4, -0.2) is 32.3 Å². The lowest BCUT2D eigenvalue weighted by atomic mass is 9.99. The number of hydrogen-bond acceptors (Lipinski definition) is 2. The Balaban J connectivity index is 3.28. The van der Waals surface area contributed by atoms with Crippen LogP contribution in [0.4, 0.5) is 0 Å². The minimum absolute atomic E-state index is 0.627. The van der Waals surface area contributed by atoms with Crippen LogP contribution >= 0.6 is 15.9 Å². The molecule has 1 atom stereocenters. The van der Waals surface area contributed by atoms with Crippen molar-refractivity contribution in [2.45, 2.75) is 20.3 Å². The van der Waals surface area contributed by atoms with Gasteiger partial charge in [-0.2, -0.15) is 0 Å².